The molecule has 2 rings (SSSR count). The Kier molecular flexibility index (Phi) is 4.26. The van der Waals surface area contributed by atoms with Crippen LogP contribution in [0.1, 0.15) is 38.5 Å². The predicted molar refractivity (Wildman–Crippen MR) is 58.4 cm³/mol. The number of hydrogen-bond donors (Lipinski definition) is 1. The molecule has 0 spiro atoms. The molecule has 2 nitrogen and oxygen atoms in total. The van der Waals surface area contributed by atoms with Crippen LogP contribution in [0, 0.1) is 11.8 Å². The fourth-order valence-electron chi connectivity index (χ4n) is 2.91. The van der Waals surface area contributed by atoms with E-state index >= 15 is 0 Å². The molecule has 2 aliphatic heterocycles. The average molecular weight is 197 g/mol. The predicted octanol–water partition coefficient (Wildman–Crippen LogP) is 2.19. The summed E-state index contributed by atoms with van der Waals surface area (Å²) in [7, 11) is 0. The van der Waals surface area contributed by atoms with Crippen molar-refractivity contribution in [3.8, 4) is 0 Å². The first kappa shape index (κ1) is 10.4. The molecule has 0 aromatic carbocycles. The van der Waals surface area contributed by atoms with E-state index in [4.69, 9.17) is 4.74 Å². The molecule has 0 unspecified atom stereocenters. The minimum absolute atomic E-state index is 0.974. The fraction of sp³-hybridized carbons (Fsp3) is 1.00. The molecule has 0 aromatic rings. The first-order valence-electron chi connectivity index (χ1n) is 6.25. The van der Waals surface area contributed by atoms with Crippen LogP contribution in [0.2, 0.25) is 0 Å². The average Bonchev–Trinajstić information content (AvgIpc) is 2.18. The van der Waals surface area contributed by atoms with Crippen molar-refractivity contribution in [1.29, 1.82) is 0 Å². The Hall–Kier alpha value is -0.0800. The fourth-order valence-corrected chi connectivity index (χ4v) is 2.91. The largest absolute Gasteiger partial charge is 0.381 e. The summed E-state index contributed by atoms with van der Waals surface area (Å²) in [6.07, 6.45) is 8.27. The van der Waals surface area contributed by atoms with Crippen LogP contribution >= 0.6 is 0 Å². The van der Waals surface area contributed by atoms with Gasteiger partial charge < -0.3 is 10.1 Å². The van der Waals surface area contributed by atoms with Crippen LogP contribution in [0.5, 0.6) is 0 Å². The van der Waals surface area contributed by atoms with Crippen LogP contribution < -0.4 is 5.32 Å². The maximum atomic E-state index is 5.43. The highest BCUT2D eigenvalue weighted by molar-refractivity contribution is 4.75. The van der Waals surface area contributed by atoms with Crippen molar-refractivity contribution in [1.82, 2.24) is 5.32 Å². The van der Waals surface area contributed by atoms with Crippen LogP contribution in [-0.2, 0) is 4.74 Å². The standard InChI is InChI=1S/C12H23NO/c1-3-11(4-2-8-13-7-1)12-5-9-14-10-6-12/h11-13H,1-10H2. The summed E-state index contributed by atoms with van der Waals surface area (Å²) >= 11 is 0. The summed E-state index contributed by atoms with van der Waals surface area (Å²) in [6, 6.07) is 0. The van der Waals surface area contributed by atoms with Gasteiger partial charge in [0.15, 0.2) is 0 Å². The van der Waals surface area contributed by atoms with Gasteiger partial charge in [-0.05, 0) is 63.5 Å². The molecule has 2 aliphatic rings. The van der Waals surface area contributed by atoms with Crippen molar-refractivity contribution < 1.29 is 4.74 Å². The lowest BCUT2D eigenvalue weighted by Crippen LogP contribution is -2.28. The summed E-state index contributed by atoms with van der Waals surface area (Å²) in [6.45, 7) is 4.50. The second kappa shape index (κ2) is 5.72. The van der Waals surface area contributed by atoms with Gasteiger partial charge in [-0.25, -0.2) is 0 Å². The van der Waals surface area contributed by atoms with E-state index in [9.17, 15) is 0 Å². The molecule has 0 radical (unpaired) electrons. The number of hydrogen-bond acceptors (Lipinski definition) is 2. The van der Waals surface area contributed by atoms with Gasteiger partial charge in [0.05, 0.1) is 0 Å². The summed E-state index contributed by atoms with van der Waals surface area (Å²) in [4.78, 5) is 0. The molecular weight excluding hydrogens is 174 g/mol. The van der Waals surface area contributed by atoms with Crippen molar-refractivity contribution in [2.24, 2.45) is 11.8 Å². The molecule has 0 amide bonds. The number of rotatable bonds is 1. The topological polar surface area (TPSA) is 21.3 Å². The zero-order valence-electron chi connectivity index (χ0n) is 9.13. The summed E-state index contributed by atoms with van der Waals surface area (Å²) < 4.78 is 5.43. The van der Waals surface area contributed by atoms with E-state index in [0.29, 0.717) is 0 Å². The van der Waals surface area contributed by atoms with Crippen LogP contribution in [0.4, 0.5) is 0 Å². The van der Waals surface area contributed by atoms with Gasteiger partial charge in [-0.1, -0.05) is 0 Å². The maximum Gasteiger partial charge on any atom is 0.0468 e. The molecular formula is C12H23NO. The Balaban J connectivity index is 1.80. The summed E-state index contributed by atoms with van der Waals surface area (Å²) in [5.74, 6) is 1.97. The third-order valence-corrected chi connectivity index (χ3v) is 3.79. The van der Waals surface area contributed by atoms with E-state index in [-0.39, 0.29) is 0 Å². The molecule has 2 fully saturated rings. The van der Waals surface area contributed by atoms with Crippen LogP contribution in [0.25, 0.3) is 0 Å². The molecule has 0 aliphatic carbocycles. The van der Waals surface area contributed by atoms with Crippen molar-refractivity contribution in [3.05, 3.63) is 0 Å². The zero-order valence-corrected chi connectivity index (χ0v) is 9.13. The molecule has 2 heterocycles. The minimum atomic E-state index is 0.974. The monoisotopic (exact) mass is 197 g/mol. The Labute approximate surface area is 87.4 Å². The normalized spacial score (nSPS) is 28.3. The van der Waals surface area contributed by atoms with Gasteiger partial charge in [0.25, 0.3) is 0 Å². The lowest BCUT2D eigenvalue weighted by atomic mass is 9.80. The molecule has 0 atom stereocenters. The van der Waals surface area contributed by atoms with Gasteiger partial charge in [-0.15, -0.1) is 0 Å². The van der Waals surface area contributed by atoms with Gasteiger partial charge in [0.2, 0.25) is 0 Å². The number of nitrogens with one attached hydrogen (secondary N) is 1. The van der Waals surface area contributed by atoms with Crippen LogP contribution in [-0.4, -0.2) is 26.3 Å². The SMILES string of the molecule is C1CNCCCC(C2CCOCC2)C1. The summed E-state index contributed by atoms with van der Waals surface area (Å²) in [5, 5.41) is 3.49. The van der Waals surface area contributed by atoms with Gasteiger partial charge in [-0.2, -0.15) is 0 Å². The molecule has 14 heavy (non-hydrogen) atoms. The van der Waals surface area contributed by atoms with E-state index in [1.54, 1.807) is 0 Å². The Morgan fingerprint density at radius 2 is 1.36 bits per heavy atom. The van der Waals surface area contributed by atoms with Crippen molar-refractivity contribution in [3.63, 3.8) is 0 Å². The Morgan fingerprint density at radius 3 is 2.00 bits per heavy atom. The van der Waals surface area contributed by atoms with Gasteiger partial charge in [0.1, 0.15) is 0 Å². The molecule has 1 N–H and O–H groups in total. The van der Waals surface area contributed by atoms with E-state index in [1.807, 2.05) is 0 Å². The molecule has 0 saturated carbocycles. The second-order valence-corrected chi connectivity index (χ2v) is 4.74. The lowest BCUT2D eigenvalue weighted by Gasteiger charge is -2.31. The van der Waals surface area contributed by atoms with E-state index in [0.717, 1.165) is 25.0 Å². The van der Waals surface area contributed by atoms with Gasteiger partial charge in [-0.3, -0.25) is 0 Å². The highest BCUT2D eigenvalue weighted by Crippen LogP contribution is 2.31. The minimum Gasteiger partial charge on any atom is -0.381 e. The van der Waals surface area contributed by atoms with Crippen molar-refractivity contribution in [2.45, 2.75) is 38.5 Å². The second-order valence-electron chi connectivity index (χ2n) is 4.74. The van der Waals surface area contributed by atoms with Crippen molar-refractivity contribution in [2.75, 3.05) is 26.3 Å². The molecule has 82 valence electrons. The molecule has 0 aromatic heterocycles. The molecule has 0 bridgehead atoms. The van der Waals surface area contributed by atoms with E-state index < -0.39 is 0 Å². The van der Waals surface area contributed by atoms with Crippen LogP contribution in [0.15, 0.2) is 0 Å². The summed E-state index contributed by atoms with van der Waals surface area (Å²) in [5.41, 5.74) is 0. The quantitative estimate of drug-likeness (QED) is 0.696. The van der Waals surface area contributed by atoms with E-state index in [1.165, 1.54) is 51.6 Å². The smallest absolute Gasteiger partial charge is 0.0468 e. The van der Waals surface area contributed by atoms with Crippen LogP contribution in [0.3, 0.4) is 0 Å². The Morgan fingerprint density at radius 1 is 0.786 bits per heavy atom. The highest BCUT2D eigenvalue weighted by Gasteiger charge is 2.23. The molecule has 2 heteroatoms. The van der Waals surface area contributed by atoms with Gasteiger partial charge >= 0.3 is 0 Å². The van der Waals surface area contributed by atoms with Crippen molar-refractivity contribution >= 4 is 0 Å². The lowest BCUT2D eigenvalue weighted by molar-refractivity contribution is 0.0417. The van der Waals surface area contributed by atoms with Gasteiger partial charge in [0, 0.05) is 13.2 Å². The number of ether oxygens (including phenoxy) is 1. The first-order chi connectivity index (χ1) is 6.97. The van der Waals surface area contributed by atoms with E-state index in [2.05, 4.69) is 5.32 Å². The first-order valence-corrected chi connectivity index (χ1v) is 6.25. The highest BCUT2D eigenvalue weighted by atomic mass is 16.5. The zero-order chi connectivity index (χ0) is 9.64. The third-order valence-electron chi connectivity index (χ3n) is 3.79. The third kappa shape index (κ3) is 2.96. The molecule has 2 saturated heterocycles. The maximum absolute atomic E-state index is 5.43. The Bertz CT molecular complexity index is 146.